The molecule has 0 aliphatic rings. The van der Waals surface area contributed by atoms with Crippen molar-refractivity contribution in [2.75, 3.05) is 10.6 Å². The van der Waals surface area contributed by atoms with E-state index in [1.165, 1.54) is 0 Å². The van der Waals surface area contributed by atoms with Gasteiger partial charge in [-0.05, 0) is 37.7 Å². The summed E-state index contributed by atoms with van der Waals surface area (Å²) in [5.74, 6) is -10.0. The first kappa shape index (κ1) is 25.6. The van der Waals surface area contributed by atoms with E-state index >= 15 is 0 Å². The molecule has 0 radical (unpaired) electrons. The van der Waals surface area contributed by atoms with Gasteiger partial charge in [-0.3, -0.25) is 9.36 Å². The van der Waals surface area contributed by atoms with Crippen molar-refractivity contribution in [2.45, 2.75) is 26.9 Å². The fourth-order valence-corrected chi connectivity index (χ4v) is 3.98. The molecule has 0 amide bonds. The van der Waals surface area contributed by atoms with E-state index in [1.807, 2.05) is 18.2 Å². The van der Waals surface area contributed by atoms with E-state index in [0.29, 0.717) is 34.3 Å². The number of benzene rings is 2. The minimum atomic E-state index is -2.21. The molecule has 0 bridgehead atoms. The SMILES string of the molecule is Cc1nn(Cc2c(F)c(F)c(F)c(F)c2F)c(C)c1NC(=S)Nc1cnn(Cc2ccccc2Cl)c1. The molecule has 188 valence electrons. The number of thiocarbonyl (C=S) groups is 1. The zero-order valence-electron chi connectivity index (χ0n) is 18.8. The van der Waals surface area contributed by atoms with Crippen LogP contribution in [0.3, 0.4) is 0 Å². The van der Waals surface area contributed by atoms with Gasteiger partial charge in [0.15, 0.2) is 28.4 Å². The predicted octanol–water partition coefficient (Wildman–Crippen LogP) is 5.95. The van der Waals surface area contributed by atoms with Gasteiger partial charge in [-0.15, -0.1) is 0 Å². The number of anilines is 2. The van der Waals surface area contributed by atoms with E-state index in [2.05, 4.69) is 20.8 Å². The highest BCUT2D eigenvalue weighted by molar-refractivity contribution is 7.80. The van der Waals surface area contributed by atoms with Crippen LogP contribution in [0.15, 0.2) is 36.7 Å². The summed E-state index contributed by atoms with van der Waals surface area (Å²) in [4.78, 5) is 0. The molecule has 2 aromatic carbocycles. The molecule has 0 saturated carbocycles. The van der Waals surface area contributed by atoms with Gasteiger partial charge in [0, 0.05) is 11.2 Å². The van der Waals surface area contributed by atoms with Crippen LogP contribution in [0.1, 0.15) is 22.5 Å². The highest BCUT2D eigenvalue weighted by Gasteiger charge is 2.26. The van der Waals surface area contributed by atoms with Gasteiger partial charge in [-0.2, -0.15) is 10.2 Å². The topological polar surface area (TPSA) is 59.7 Å². The summed E-state index contributed by atoms with van der Waals surface area (Å²) in [6.45, 7) is 2.95. The molecule has 0 saturated heterocycles. The summed E-state index contributed by atoms with van der Waals surface area (Å²) in [5.41, 5.74) is 1.67. The van der Waals surface area contributed by atoms with E-state index in [1.54, 1.807) is 37.0 Å². The number of rotatable bonds is 6. The van der Waals surface area contributed by atoms with Crippen molar-refractivity contribution in [3.63, 3.8) is 0 Å². The Balaban J connectivity index is 1.47. The molecule has 0 spiro atoms. The number of nitrogens with zero attached hydrogens (tertiary/aromatic N) is 4. The number of halogens is 6. The molecule has 0 unspecified atom stereocenters. The maximum absolute atomic E-state index is 14.1. The smallest absolute Gasteiger partial charge is 0.200 e. The normalized spacial score (nSPS) is 11.1. The van der Waals surface area contributed by atoms with Crippen LogP contribution in [-0.2, 0) is 13.1 Å². The van der Waals surface area contributed by atoms with Gasteiger partial charge < -0.3 is 10.6 Å². The lowest BCUT2D eigenvalue weighted by Crippen LogP contribution is -2.20. The Morgan fingerprint density at radius 2 is 1.58 bits per heavy atom. The van der Waals surface area contributed by atoms with Crippen molar-refractivity contribution >= 4 is 40.3 Å². The van der Waals surface area contributed by atoms with Gasteiger partial charge in [0.05, 0.1) is 47.6 Å². The van der Waals surface area contributed by atoms with Crippen molar-refractivity contribution in [3.8, 4) is 0 Å². The Morgan fingerprint density at radius 3 is 2.25 bits per heavy atom. The molecule has 4 aromatic rings. The average molecular weight is 541 g/mol. The number of aromatic nitrogens is 4. The highest BCUT2D eigenvalue weighted by atomic mass is 35.5. The molecule has 2 aromatic heterocycles. The van der Waals surface area contributed by atoms with Crippen LogP contribution < -0.4 is 10.6 Å². The molecule has 2 heterocycles. The van der Waals surface area contributed by atoms with Gasteiger partial charge in [-0.25, -0.2) is 22.0 Å². The number of hydrogen-bond acceptors (Lipinski definition) is 3. The minimum Gasteiger partial charge on any atom is -0.330 e. The van der Waals surface area contributed by atoms with E-state index in [9.17, 15) is 22.0 Å². The fourth-order valence-electron chi connectivity index (χ4n) is 3.56. The van der Waals surface area contributed by atoms with E-state index in [-0.39, 0.29) is 5.11 Å². The molecule has 0 fully saturated rings. The monoisotopic (exact) mass is 540 g/mol. The molecule has 4 rings (SSSR count). The fraction of sp³-hybridized carbons (Fsp3) is 0.174. The van der Waals surface area contributed by atoms with Crippen LogP contribution >= 0.6 is 23.8 Å². The third kappa shape index (κ3) is 5.05. The largest absolute Gasteiger partial charge is 0.330 e. The standard InChI is InChI=1S/C23H18ClF5N6S/c1-11-22(12(2)35(33-11)10-15-17(25)19(27)21(29)20(28)18(15)26)32-23(36)31-14-7-30-34(9-14)8-13-5-3-4-6-16(13)24/h3-7,9H,8,10H2,1-2H3,(H2,31,32,36). The lowest BCUT2D eigenvalue weighted by molar-refractivity contribution is 0.366. The molecule has 2 N–H and O–H groups in total. The number of aryl methyl sites for hydroxylation is 1. The average Bonchev–Trinajstić information content (AvgIpc) is 3.39. The quantitative estimate of drug-likeness (QED) is 0.137. The van der Waals surface area contributed by atoms with Gasteiger partial charge in [0.2, 0.25) is 5.82 Å². The molecule has 0 aliphatic carbocycles. The van der Waals surface area contributed by atoms with Gasteiger partial charge in [0.1, 0.15) is 0 Å². The predicted molar refractivity (Wildman–Crippen MR) is 130 cm³/mol. The zero-order valence-corrected chi connectivity index (χ0v) is 20.4. The van der Waals surface area contributed by atoms with Crippen LogP contribution in [-0.4, -0.2) is 24.7 Å². The second-order valence-corrected chi connectivity index (χ2v) is 8.66. The lowest BCUT2D eigenvalue weighted by Gasteiger charge is -2.11. The number of hydrogen-bond donors (Lipinski definition) is 2. The van der Waals surface area contributed by atoms with Crippen molar-refractivity contribution in [1.29, 1.82) is 0 Å². The summed E-state index contributed by atoms with van der Waals surface area (Å²) < 4.78 is 71.5. The summed E-state index contributed by atoms with van der Waals surface area (Å²) in [6.07, 6.45) is 3.29. The molecular weight excluding hydrogens is 523 g/mol. The zero-order chi connectivity index (χ0) is 26.1. The summed E-state index contributed by atoms with van der Waals surface area (Å²) >= 11 is 11.5. The van der Waals surface area contributed by atoms with E-state index in [4.69, 9.17) is 23.8 Å². The summed E-state index contributed by atoms with van der Waals surface area (Å²) in [6, 6.07) is 7.38. The summed E-state index contributed by atoms with van der Waals surface area (Å²) in [7, 11) is 0. The second kappa shape index (κ2) is 10.2. The highest BCUT2D eigenvalue weighted by Crippen LogP contribution is 2.26. The third-order valence-corrected chi connectivity index (χ3v) is 5.98. The Morgan fingerprint density at radius 1 is 0.944 bits per heavy atom. The number of nitrogens with one attached hydrogen (secondary N) is 2. The van der Waals surface area contributed by atoms with Gasteiger partial charge in [-0.1, -0.05) is 29.8 Å². The molecule has 6 nitrogen and oxygen atoms in total. The maximum atomic E-state index is 14.1. The van der Waals surface area contributed by atoms with Crippen LogP contribution in [0.25, 0.3) is 0 Å². The van der Waals surface area contributed by atoms with Crippen LogP contribution in [0, 0.1) is 42.9 Å². The molecule has 36 heavy (non-hydrogen) atoms. The first-order valence-electron chi connectivity index (χ1n) is 10.4. The van der Waals surface area contributed by atoms with Crippen molar-refractivity contribution in [3.05, 3.63) is 93.3 Å². The second-order valence-electron chi connectivity index (χ2n) is 7.85. The third-order valence-electron chi connectivity index (χ3n) is 5.41. The minimum absolute atomic E-state index is 0.175. The Bertz CT molecular complexity index is 1440. The van der Waals surface area contributed by atoms with E-state index in [0.717, 1.165) is 10.2 Å². The molecular formula is C23H18ClF5N6S. The van der Waals surface area contributed by atoms with Crippen molar-refractivity contribution < 1.29 is 22.0 Å². The van der Waals surface area contributed by atoms with Crippen LogP contribution in [0.5, 0.6) is 0 Å². The first-order valence-corrected chi connectivity index (χ1v) is 11.2. The van der Waals surface area contributed by atoms with Gasteiger partial charge in [0.25, 0.3) is 0 Å². The van der Waals surface area contributed by atoms with Crippen molar-refractivity contribution in [1.82, 2.24) is 19.6 Å². The van der Waals surface area contributed by atoms with Crippen LogP contribution in [0.4, 0.5) is 33.3 Å². The Labute approximate surface area is 212 Å². The Hall–Kier alpha value is -3.51. The Kier molecular flexibility index (Phi) is 7.27. The van der Waals surface area contributed by atoms with E-state index < -0.39 is 41.2 Å². The first-order chi connectivity index (χ1) is 17.1. The van der Waals surface area contributed by atoms with Gasteiger partial charge >= 0.3 is 0 Å². The van der Waals surface area contributed by atoms with Crippen molar-refractivity contribution in [2.24, 2.45) is 0 Å². The molecule has 0 atom stereocenters. The summed E-state index contributed by atoms with van der Waals surface area (Å²) in [5, 5.41) is 15.1. The van der Waals surface area contributed by atoms with Crippen LogP contribution in [0.2, 0.25) is 5.02 Å². The molecule has 0 aliphatic heterocycles. The maximum Gasteiger partial charge on any atom is 0.200 e. The lowest BCUT2D eigenvalue weighted by atomic mass is 10.1. The molecule has 13 heteroatoms.